The second kappa shape index (κ2) is 3.60. The molecule has 1 aromatic heterocycles. The SMILES string of the molecule is CN(CS)c1csc2ccccc12. The molecule has 13 heavy (non-hydrogen) atoms. The van der Waals surface area contributed by atoms with E-state index in [0.29, 0.717) is 0 Å². The molecule has 68 valence electrons. The maximum atomic E-state index is 4.26. The Bertz CT molecular complexity index is 408. The van der Waals surface area contributed by atoms with E-state index in [1.54, 1.807) is 11.3 Å². The molecule has 0 amide bonds. The van der Waals surface area contributed by atoms with Crippen molar-refractivity contribution in [2.75, 3.05) is 17.8 Å². The lowest BCUT2D eigenvalue weighted by Crippen LogP contribution is -2.13. The van der Waals surface area contributed by atoms with E-state index in [-0.39, 0.29) is 0 Å². The number of hydrogen-bond donors (Lipinski definition) is 1. The first-order valence-corrected chi connectivity index (χ1v) is 5.62. The third-order valence-corrected chi connectivity index (χ3v) is 3.46. The summed E-state index contributed by atoms with van der Waals surface area (Å²) in [5.41, 5.74) is 1.27. The van der Waals surface area contributed by atoms with Crippen LogP contribution < -0.4 is 4.90 Å². The van der Waals surface area contributed by atoms with Crippen molar-refractivity contribution in [3.8, 4) is 0 Å². The summed E-state index contributed by atoms with van der Waals surface area (Å²) in [6.45, 7) is 0. The standard InChI is InChI=1S/C10H11NS2/c1-11(7-12)9-6-13-10-5-3-2-4-8(9)10/h2-6,12H,7H2,1H3. The summed E-state index contributed by atoms with van der Waals surface area (Å²) in [6.07, 6.45) is 0. The zero-order valence-electron chi connectivity index (χ0n) is 7.40. The summed E-state index contributed by atoms with van der Waals surface area (Å²) in [6, 6.07) is 8.45. The predicted octanol–water partition coefficient (Wildman–Crippen LogP) is 3.22. The molecule has 0 N–H and O–H groups in total. The van der Waals surface area contributed by atoms with E-state index in [1.165, 1.54) is 15.8 Å². The molecule has 0 aliphatic carbocycles. The molecule has 0 bridgehead atoms. The quantitative estimate of drug-likeness (QED) is 0.587. The molecule has 0 aliphatic rings. The summed E-state index contributed by atoms with van der Waals surface area (Å²) in [5, 5.41) is 3.50. The van der Waals surface area contributed by atoms with Crippen LogP contribution in [0.4, 0.5) is 5.69 Å². The van der Waals surface area contributed by atoms with Gasteiger partial charge in [-0.15, -0.1) is 11.3 Å². The van der Waals surface area contributed by atoms with Crippen molar-refractivity contribution in [3.63, 3.8) is 0 Å². The van der Waals surface area contributed by atoms with E-state index in [2.05, 4.69) is 54.2 Å². The van der Waals surface area contributed by atoms with Crippen molar-refractivity contribution < 1.29 is 0 Å². The van der Waals surface area contributed by atoms with E-state index in [4.69, 9.17) is 0 Å². The van der Waals surface area contributed by atoms with Gasteiger partial charge < -0.3 is 4.90 Å². The summed E-state index contributed by atoms with van der Waals surface area (Å²) in [5.74, 6) is 0.751. The molecule has 2 aromatic rings. The van der Waals surface area contributed by atoms with Gasteiger partial charge in [-0.1, -0.05) is 18.2 Å². The van der Waals surface area contributed by atoms with Crippen LogP contribution in [0.1, 0.15) is 0 Å². The van der Waals surface area contributed by atoms with Gasteiger partial charge in [-0.05, 0) is 6.07 Å². The summed E-state index contributed by atoms with van der Waals surface area (Å²) in [7, 11) is 2.06. The molecule has 0 unspecified atom stereocenters. The van der Waals surface area contributed by atoms with Crippen LogP contribution in [0.2, 0.25) is 0 Å². The van der Waals surface area contributed by atoms with Crippen LogP contribution in [0.25, 0.3) is 10.1 Å². The first kappa shape index (κ1) is 8.91. The highest BCUT2D eigenvalue weighted by atomic mass is 32.1. The highest BCUT2D eigenvalue weighted by molar-refractivity contribution is 7.80. The molecule has 0 spiro atoms. The fraction of sp³-hybridized carbons (Fsp3) is 0.200. The summed E-state index contributed by atoms with van der Waals surface area (Å²) in [4.78, 5) is 2.14. The first-order chi connectivity index (χ1) is 6.33. The minimum atomic E-state index is 0.751. The van der Waals surface area contributed by atoms with Gasteiger partial charge in [0.15, 0.2) is 0 Å². The Hall–Kier alpha value is -0.670. The van der Waals surface area contributed by atoms with Crippen molar-refractivity contribution in [2.24, 2.45) is 0 Å². The second-order valence-corrected chi connectivity index (χ2v) is 4.15. The Labute approximate surface area is 87.4 Å². The lowest BCUT2D eigenvalue weighted by molar-refractivity contribution is 1.12. The highest BCUT2D eigenvalue weighted by Gasteiger charge is 2.05. The Kier molecular flexibility index (Phi) is 2.47. The fourth-order valence-electron chi connectivity index (χ4n) is 1.34. The van der Waals surface area contributed by atoms with Crippen LogP contribution >= 0.6 is 24.0 Å². The minimum Gasteiger partial charge on any atom is -0.364 e. The van der Waals surface area contributed by atoms with Gasteiger partial charge in [0.05, 0.1) is 11.6 Å². The summed E-state index contributed by atoms with van der Waals surface area (Å²) >= 11 is 6.04. The number of hydrogen-bond acceptors (Lipinski definition) is 3. The number of benzene rings is 1. The molecule has 0 fully saturated rings. The van der Waals surface area contributed by atoms with Crippen molar-refractivity contribution in [2.45, 2.75) is 0 Å². The van der Waals surface area contributed by atoms with Crippen LogP contribution in [0.15, 0.2) is 29.6 Å². The second-order valence-electron chi connectivity index (χ2n) is 2.96. The van der Waals surface area contributed by atoms with Crippen LogP contribution in [-0.4, -0.2) is 12.9 Å². The van der Waals surface area contributed by atoms with Gasteiger partial charge in [-0.25, -0.2) is 0 Å². The van der Waals surface area contributed by atoms with Crippen molar-refractivity contribution in [1.82, 2.24) is 0 Å². The molecule has 1 nitrogen and oxygen atoms in total. The Morgan fingerprint density at radius 3 is 2.92 bits per heavy atom. The molecular weight excluding hydrogens is 198 g/mol. The molecule has 3 heteroatoms. The molecule has 0 saturated heterocycles. The number of thiophene rings is 1. The normalized spacial score (nSPS) is 10.6. The van der Waals surface area contributed by atoms with Gasteiger partial charge >= 0.3 is 0 Å². The Balaban J connectivity index is 2.57. The molecule has 1 aromatic carbocycles. The van der Waals surface area contributed by atoms with Gasteiger partial charge in [0.25, 0.3) is 0 Å². The Morgan fingerprint density at radius 2 is 2.15 bits per heavy atom. The van der Waals surface area contributed by atoms with Crippen LogP contribution in [0.5, 0.6) is 0 Å². The zero-order valence-corrected chi connectivity index (χ0v) is 9.11. The molecule has 1 heterocycles. The monoisotopic (exact) mass is 209 g/mol. The Morgan fingerprint density at radius 1 is 1.38 bits per heavy atom. The third kappa shape index (κ3) is 1.54. The van der Waals surface area contributed by atoms with Crippen molar-refractivity contribution in [3.05, 3.63) is 29.6 Å². The van der Waals surface area contributed by atoms with E-state index in [9.17, 15) is 0 Å². The summed E-state index contributed by atoms with van der Waals surface area (Å²) < 4.78 is 1.34. The predicted molar refractivity (Wildman–Crippen MR) is 64.1 cm³/mol. The minimum absolute atomic E-state index is 0.751. The number of fused-ring (bicyclic) bond motifs is 1. The van der Waals surface area contributed by atoms with Gasteiger partial charge in [-0.2, -0.15) is 12.6 Å². The topological polar surface area (TPSA) is 3.24 Å². The molecular formula is C10H11NS2. The van der Waals surface area contributed by atoms with Crippen LogP contribution in [0.3, 0.4) is 0 Å². The van der Waals surface area contributed by atoms with E-state index < -0.39 is 0 Å². The zero-order chi connectivity index (χ0) is 9.26. The van der Waals surface area contributed by atoms with E-state index in [1.807, 2.05) is 0 Å². The highest BCUT2D eigenvalue weighted by Crippen LogP contribution is 2.31. The number of nitrogens with zero attached hydrogens (tertiary/aromatic N) is 1. The number of thiol groups is 1. The number of rotatable bonds is 2. The smallest absolute Gasteiger partial charge is 0.0607 e. The maximum absolute atomic E-state index is 4.26. The lowest BCUT2D eigenvalue weighted by Gasteiger charge is -2.14. The van der Waals surface area contributed by atoms with Gasteiger partial charge in [-0.3, -0.25) is 0 Å². The molecule has 2 rings (SSSR count). The van der Waals surface area contributed by atoms with Crippen LogP contribution in [-0.2, 0) is 0 Å². The van der Waals surface area contributed by atoms with Crippen LogP contribution in [0, 0.1) is 0 Å². The van der Waals surface area contributed by atoms with Gasteiger partial charge in [0.1, 0.15) is 0 Å². The van der Waals surface area contributed by atoms with Crippen molar-refractivity contribution in [1.29, 1.82) is 0 Å². The van der Waals surface area contributed by atoms with Gasteiger partial charge in [0.2, 0.25) is 0 Å². The fourth-order valence-corrected chi connectivity index (χ4v) is 2.49. The largest absolute Gasteiger partial charge is 0.364 e. The average Bonchev–Trinajstić information content (AvgIpc) is 2.60. The third-order valence-electron chi connectivity index (χ3n) is 2.08. The lowest BCUT2D eigenvalue weighted by atomic mass is 10.2. The average molecular weight is 209 g/mol. The molecule has 0 saturated carbocycles. The van der Waals surface area contributed by atoms with Crippen molar-refractivity contribution >= 4 is 39.7 Å². The first-order valence-electron chi connectivity index (χ1n) is 4.11. The van der Waals surface area contributed by atoms with Gasteiger partial charge in [0, 0.05) is 22.5 Å². The van der Waals surface area contributed by atoms with E-state index in [0.717, 1.165) is 5.88 Å². The molecule has 0 aliphatic heterocycles. The molecule has 0 atom stereocenters. The maximum Gasteiger partial charge on any atom is 0.0607 e. The number of anilines is 1. The van der Waals surface area contributed by atoms with E-state index >= 15 is 0 Å². The molecule has 0 radical (unpaired) electrons.